The number of aliphatic hydroxyl groups is 1. The Balaban J connectivity index is 1.96. The van der Waals surface area contributed by atoms with Gasteiger partial charge < -0.3 is 21.4 Å². The molecular formula is C14H22N4O2. The number of nitrogens with zero attached hydrogens (tertiary/aromatic N) is 2. The number of nitrogens with two attached hydrogens (primary N) is 1. The smallest absolute Gasteiger partial charge is 0.188 e. The zero-order valence-corrected chi connectivity index (χ0v) is 11.5. The highest BCUT2D eigenvalue weighted by molar-refractivity contribution is 5.95. The van der Waals surface area contributed by atoms with Crippen LogP contribution in [-0.2, 0) is 6.54 Å². The van der Waals surface area contributed by atoms with E-state index < -0.39 is 0 Å². The maximum atomic E-state index is 10.1. The summed E-state index contributed by atoms with van der Waals surface area (Å²) in [6, 6.07) is 3.80. The molecule has 1 aromatic rings. The van der Waals surface area contributed by atoms with E-state index in [2.05, 4.69) is 15.5 Å². The first-order valence-corrected chi connectivity index (χ1v) is 7.05. The third-order valence-electron chi connectivity index (χ3n) is 3.74. The highest BCUT2D eigenvalue weighted by Crippen LogP contribution is 2.18. The Labute approximate surface area is 118 Å². The van der Waals surface area contributed by atoms with Crippen LogP contribution < -0.4 is 11.1 Å². The molecule has 6 heteroatoms. The van der Waals surface area contributed by atoms with Gasteiger partial charge in [0.2, 0.25) is 0 Å². The average molecular weight is 278 g/mol. The normalized spacial score (nSPS) is 24.4. The number of aliphatic hydroxyl groups excluding tert-OH is 1. The molecule has 1 aromatic heterocycles. The summed E-state index contributed by atoms with van der Waals surface area (Å²) < 4.78 is 0. The second kappa shape index (κ2) is 7.21. The monoisotopic (exact) mass is 278 g/mol. The van der Waals surface area contributed by atoms with E-state index in [9.17, 15) is 5.11 Å². The number of pyridine rings is 1. The van der Waals surface area contributed by atoms with Crippen LogP contribution in [0.4, 0.5) is 0 Å². The molecule has 1 aliphatic carbocycles. The first-order valence-electron chi connectivity index (χ1n) is 7.05. The van der Waals surface area contributed by atoms with E-state index in [0.29, 0.717) is 12.2 Å². The van der Waals surface area contributed by atoms with Gasteiger partial charge in [-0.2, -0.15) is 0 Å². The summed E-state index contributed by atoms with van der Waals surface area (Å²) >= 11 is 0. The minimum absolute atomic E-state index is 0.00125. The maximum absolute atomic E-state index is 10.1. The van der Waals surface area contributed by atoms with Crippen LogP contribution in [0, 0.1) is 0 Å². The Morgan fingerprint density at radius 1 is 1.40 bits per heavy atom. The van der Waals surface area contributed by atoms with Crippen molar-refractivity contribution in [3.8, 4) is 0 Å². The van der Waals surface area contributed by atoms with E-state index in [1.165, 1.54) is 6.42 Å². The number of hydrogen-bond acceptors (Lipinski definition) is 5. The fraction of sp³-hybridized carbons (Fsp3) is 0.571. The Bertz CT molecular complexity index is 464. The first-order chi connectivity index (χ1) is 9.70. The van der Waals surface area contributed by atoms with Gasteiger partial charge in [-0.15, -0.1) is 0 Å². The summed E-state index contributed by atoms with van der Waals surface area (Å²) in [6.45, 7) is 0.635. The molecule has 1 fully saturated rings. The van der Waals surface area contributed by atoms with Crippen molar-refractivity contribution in [1.82, 2.24) is 10.3 Å². The predicted molar refractivity (Wildman–Crippen MR) is 76.5 cm³/mol. The summed E-state index contributed by atoms with van der Waals surface area (Å²) in [5.41, 5.74) is 6.97. The zero-order chi connectivity index (χ0) is 14.4. The molecule has 2 atom stereocenters. The lowest BCUT2D eigenvalue weighted by atomic mass is 10.1. The van der Waals surface area contributed by atoms with Crippen LogP contribution in [0.1, 0.15) is 43.4 Å². The fourth-order valence-corrected chi connectivity index (χ4v) is 2.55. The molecule has 0 spiro atoms. The lowest BCUT2D eigenvalue weighted by Crippen LogP contribution is -2.38. The van der Waals surface area contributed by atoms with Crippen LogP contribution in [0.15, 0.2) is 23.5 Å². The van der Waals surface area contributed by atoms with Crippen LogP contribution in [0.5, 0.6) is 0 Å². The largest absolute Gasteiger partial charge is 0.409 e. The highest BCUT2D eigenvalue weighted by atomic mass is 16.4. The van der Waals surface area contributed by atoms with Gasteiger partial charge in [0, 0.05) is 18.8 Å². The Kier molecular flexibility index (Phi) is 5.31. The van der Waals surface area contributed by atoms with Gasteiger partial charge in [-0.1, -0.05) is 24.4 Å². The van der Waals surface area contributed by atoms with E-state index in [0.717, 1.165) is 31.2 Å². The van der Waals surface area contributed by atoms with Gasteiger partial charge in [-0.3, -0.25) is 4.98 Å². The molecule has 1 heterocycles. The minimum atomic E-state index is -0.275. The van der Waals surface area contributed by atoms with Crippen molar-refractivity contribution in [3.63, 3.8) is 0 Å². The van der Waals surface area contributed by atoms with Crippen LogP contribution in [0.2, 0.25) is 0 Å². The van der Waals surface area contributed by atoms with E-state index in [1.54, 1.807) is 12.3 Å². The molecular weight excluding hydrogens is 256 g/mol. The van der Waals surface area contributed by atoms with Gasteiger partial charge in [0.05, 0.1) is 6.10 Å². The second-order valence-electron chi connectivity index (χ2n) is 5.23. The predicted octanol–water partition coefficient (Wildman–Crippen LogP) is 0.959. The van der Waals surface area contributed by atoms with Gasteiger partial charge in [0.25, 0.3) is 0 Å². The Hall–Kier alpha value is -1.66. The van der Waals surface area contributed by atoms with Crippen LogP contribution in [-0.4, -0.2) is 33.3 Å². The highest BCUT2D eigenvalue weighted by Gasteiger charge is 2.20. The fourth-order valence-electron chi connectivity index (χ4n) is 2.55. The van der Waals surface area contributed by atoms with Crippen molar-refractivity contribution >= 4 is 5.84 Å². The molecule has 0 aliphatic heterocycles. The van der Waals surface area contributed by atoms with Crippen LogP contribution in [0.3, 0.4) is 0 Å². The lowest BCUT2D eigenvalue weighted by Gasteiger charge is -2.21. The van der Waals surface area contributed by atoms with Gasteiger partial charge >= 0.3 is 0 Å². The molecule has 2 unspecified atom stereocenters. The Morgan fingerprint density at radius 2 is 2.20 bits per heavy atom. The Morgan fingerprint density at radius 3 is 3.00 bits per heavy atom. The van der Waals surface area contributed by atoms with E-state index in [-0.39, 0.29) is 18.0 Å². The third-order valence-corrected chi connectivity index (χ3v) is 3.74. The van der Waals surface area contributed by atoms with Crippen LogP contribution in [0.25, 0.3) is 0 Å². The maximum Gasteiger partial charge on any atom is 0.188 e. The minimum Gasteiger partial charge on any atom is -0.409 e. The van der Waals surface area contributed by atoms with Gasteiger partial charge in [-0.25, -0.2) is 0 Å². The van der Waals surface area contributed by atoms with Crippen molar-refractivity contribution < 1.29 is 10.3 Å². The molecule has 6 nitrogen and oxygen atoms in total. The van der Waals surface area contributed by atoms with Crippen molar-refractivity contribution in [3.05, 3.63) is 29.6 Å². The summed E-state index contributed by atoms with van der Waals surface area (Å²) in [4.78, 5) is 4.04. The number of oxime groups is 1. The molecule has 0 saturated heterocycles. The summed E-state index contributed by atoms with van der Waals surface area (Å²) in [7, 11) is 0. The molecule has 110 valence electrons. The standard InChI is InChI=1S/C14H22N4O2/c15-14(18-20)12-8-10(6-7-16-12)9-17-11-4-2-1-3-5-13(11)19/h6-8,11,13,17,19-20H,1-5,9H2,(H2,15,18). The van der Waals surface area contributed by atoms with Gasteiger partial charge in [0.1, 0.15) is 5.69 Å². The van der Waals surface area contributed by atoms with E-state index >= 15 is 0 Å². The summed E-state index contributed by atoms with van der Waals surface area (Å²) in [6.07, 6.45) is 6.67. The molecule has 0 amide bonds. The number of nitrogens with one attached hydrogen (secondary N) is 1. The van der Waals surface area contributed by atoms with Crippen molar-refractivity contribution in [2.24, 2.45) is 10.9 Å². The second-order valence-corrected chi connectivity index (χ2v) is 5.23. The number of aromatic nitrogens is 1. The summed E-state index contributed by atoms with van der Waals surface area (Å²) in [5, 5.41) is 25.1. The number of rotatable bonds is 4. The number of amidine groups is 1. The van der Waals surface area contributed by atoms with Gasteiger partial charge in [0.15, 0.2) is 5.84 Å². The third kappa shape index (κ3) is 3.91. The molecule has 20 heavy (non-hydrogen) atoms. The summed E-state index contributed by atoms with van der Waals surface area (Å²) in [5.74, 6) is 0.00125. The van der Waals surface area contributed by atoms with Crippen molar-refractivity contribution in [2.75, 3.05) is 0 Å². The van der Waals surface area contributed by atoms with Crippen molar-refractivity contribution in [2.45, 2.75) is 50.8 Å². The molecule has 2 rings (SSSR count). The average Bonchev–Trinajstić information content (AvgIpc) is 2.69. The molecule has 0 bridgehead atoms. The van der Waals surface area contributed by atoms with Crippen molar-refractivity contribution in [1.29, 1.82) is 0 Å². The quantitative estimate of drug-likeness (QED) is 0.216. The SMILES string of the molecule is N/C(=N/O)c1cc(CNC2CCCCCC2O)ccn1. The zero-order valence-electron chi connectivity index (χ0n) is 11.5. The van der Waals surface area contributed by atoms with Crippen LogP contribution >= 0.6 is 0 Å². The van der Waals surface area contributed by atoms with Gasteiger partial charge in [-0.05, 0) is 30.5 Å². The topological polar surface area (TPSA) is 104 Å². The first kappa shape index (κ1) is 14.7. The number of hydrogen-bond donors (Lipinski definition) is 4. The molecule has 0 radical (unpaired) electrons. The lowest BCUT2D eigenvalue weighted by molar-refractivity contribution is 0.119. The van der Waals surface area contributed by atoms with E-state index in [1.807, 2.05) is 6.07 Å². The molecule has 1 aliphatic rings. The van der Waals surface area contributed by atoms with E-state index in [4.69, 9.17) is 10.9 Å². The molecule has 5 N–H and O–H groups in total. The molecule has 0 aromatic carbocycles. The molecule has 1 saturated carbocycles.